The molecule has 1 fully saturated rings. The van der Waals surface area contributed by atoms with Crippen molar-refractivity contribution in [2.24, 2.45) is 5.92 Å². The van der Waals surface area contributed by atoms with Crippen molar-refractivity contribution in [1.29, 1.82) is 0 Å². The summed E-state index contributed by atoms with van der Waals surface area (Å²) in [6.07, 6.45) is 10.1. The Morgan fingerprint density at radius 2 is 1.64 bits per heavy atom. The standard InChI is InChI=1S/C18H23NO3/c20-18(10-9-15-5-1-2-6-15)19(13-16-7-3-11-21-16)14-17-8-4-12-22-17/h3-4,7-8,11-12,15H,1-2,5-6,9-10,13-14H2. The summed E-state index contributed by atoms with van der Waals surface area (Å²) in [4.78, 5) is 14.4. The van der Waals surface area contributed by atoms with Crippen molar-refractivity contribution < 1.29 is 13.6 Å². The van der Waals surface area contributed by atoms with E-state index in [4.69, 9.17) is 8.83 Å². The van der Waals surface area contributed by atoms with E-state index in [2.05, 4.69) is 0 Å². The van der Waals surface area contributed by atoms with Crippen LogP contribution in [0.3, 0.4) is 0 Å². The van der Waals surface area contributed by atoms with Gasteiger partial charge in [-0.05, 0) is 36.6 Å². The monoisotopic (exact) mass is 301 g/mol. The molecule has 3 rings (SSSR count). The minimum absolute atomic E-state index is 0.180. The van der Waals surface area contributed by atoms with Crippen LogP contribution in [0.5, 0.6) is 0 Å². The van der Waals surface area contributed by atoms with E-state index >= 15 is 0 Å². The van der Waals surface area contributed by atoms with Gasteiger partial charge < -0.3 is 13.7 Å². The second kappa shape index (κ2) is 7.34. The number of amides is 1. The minimum Gasteiger partial charge on any atom is -0.467 e. The van der Waals surface area contributed by atoms with Crippen LogP contribution in [0.15, 0.2) is 45.6 Å². The highest BCUT2D eigenvalue weighted by Crippen LogP contribution is 2.29. The Kier molecular flexibility index (Phi) is 4.99. The van der Waals surface area contributed by atoms with Crippen LogP contribution in [-0.4, -0.2) is 10.8 Å². The molecule has 0 N–H and O–H groups in total. The van der Waals surface area contributed by atoms with Crippen LogP contribution in [0.25, 0.3) is 0 Å². The van der Waals surface area contributed by atoms with E-state index in [1.165, 1.54) is 25.7 Å². The molecular formula is C18H23NO3. The Morgan fingerprint density at radius 3 is 2.14 bits per heavy atom. The maximum Gasteiger partial charge on any atom is 0.223 e. The summed E-state index contributed by atoms with van der Waals surface area (Å²) in [5.41, 5.74) is 0. The molecule has 0 saturated heterocycles. The third-order valence-corrected chi connectivity index (χ3v) is 4.45. The topological polar surface area (TPSA) is 46.6 Å². The summed E-state index contributed by atoms with van der Waals surface area (Å²) in [6.45, 7) is 0.994. The van der Waals surface area contributed by atoms with Crippen molar-refractivity contribution in [3.8, 4) is 0 Å². The van der Waals surface area contributed by atoms with E-state index in [0.717, 1.165) is 23.9 Å². The molecule has 2 heterocycles. The zero-order valence-corrected chi connectivity index (χ0v) is 12.9. The first-order chi connectivity index (χ1) is 10.8. The summed E-state index contributed by atoms with van der Waals surface area (Å²) in [6, 6.07) is 7.51. The SMILES string of the molecule is O=C(CCC1CCCC1)N(Cc1ccco1)Cc1ccco1. The van der Waals surface area contributed by atoms with Gasteiger partial charge in [0.25, 0.3) is 0 Å². The summed E-state index contributed by atoms with van der Waals surface area (Å²) in [5, 5.41) is 0. The van der Waals surface area contributed by atoms with Crippen molar-refractivity contribution in [1.82, 2.24) is 4.90 Å². The maximum atomic E-state index is 12.6. The lowest BCUT2D eigenvalue weighted by Crippen LogP contribution is -2.30. The molecule has 0 bridgehead atoms. The fraction of sp³-hybridized carbons (Fsp3) is 0.500. The third kappa shape index (κ3) is 4.03. The van der Waals surface area contributed by atoms with E-state index in [1.54, 1.807) is 12.5 Å². The van der Waals surface area contributed by atoms with E-state index in [-0.39, 0.29) is 5.91 Å². The summed E-state index contributed by atoms with van der Waals surface area (Å²) >= 11 is 0. The number of carbonyl (C=O) groups excluding carboxylic acids is 1. The first-order valence-corrected chi connectivity index (χ1v) is 8.14. The van der Waals surface area contributed by atoms with Crippen LogP contribution in [0.1, 0.15) is 50.0 Å². The average Bonchev–Trinajstić information content (AvgIpc) is 3.27. The number of hydrogen-bond acceptors (Lipinski definition) is 3. The van der Waals surface area contributed by atoms with Gasteiger partial charge in [0.1, 0.15) is 11.5 Å². The van der Waals surface area contributed by atoms with Crippen molar-refractivity contribution >= 4 is 5.91 Å². The van der Waals surface area contributed by atoms with Gasteiger partial charge in [0.2, 0.25) is 5.91 Å². The molecule has 2 aromatic heterocycles. The van der Waals surface area contributed by atoms with Crippen molar-refractivity contribution in [2.45, 2.75) is 51.6 Å². The second-order valence-corrected chi connectivity index (χ2v) is 6.10. The van der Waals surface area contributed by atoms with Crippen molar-refractivity contribution in [3.63, 3.8) is 0 Å². The number of carbonyl (C=O) groups is 1. The van der Waals surface area contributed by atoms with Gasteiger partial charge in [-0.25, -0.2) is 0 Å². The first-order valence-electron chi connectivity index (χ1n) is 8.14. The van der Waals surface area contributed by atoms with Gasteiger partial charge >= 0.3 is 0 Å². The quantitative estimate of drug-likeness (QED) is 0.762. The van der Waals surface area contributed by atoms with Crippen molar-refractivity contribution in [2.75, 3.05) is 0 Å². The van der Waals surface area contributed by atoms with Gasteiger partial charge in [0.15, 0.2) is 0 Å². The molecule has 1 aliphatic rings. The largest absolute Gasteiger partial charge is 0.467 e. The molecule has 118 valence electrons. The highest BCUT2D eigenvalue weighted by Gasteiger charge is 2.20. The van der Waals surface area contributed by atoms with E-state index < -0.39 is 0 Å². The zero-order chi connectivity index (χ0) is 15.2. The van der Waals surface area contributed by atoms with Crippen LogP contribution in [0, 0.1) is 5.92 Å². The third-order valence-electron chi connectivity index (χ3n) is 4.45. The average molecular weight is 301 g/mol. The molecule has 0 spiro atoms. The molecular weight excluding hydrogens is 278 g/mol. The number of nitrogens with zero attached hydrogens (tertiary/aromatic N) is 1. The zero-order valence-electron chi connectivity index (χ0n) is 12.9. The molecule has 0 aromatic carbocycles. The minimum atomic E-state index is 0.180. The van der Waals surface area contributed by atoms with Gasteiger partial charge in [-0.15, -0.1) is 0 Å². The number of hydrogen-bond donors (Lipinski definition) is 0. The van der Waals surface area contributed by atoms with Gasteiger partial charge in [0, 0.05) is 6.42 Å². The summed E-state index contributed by atoms with van der Waals surface area (Å²) in [5.74, 6) is 2.53. The Labute approximate surface area is 131 Å². The summed E-state index contributed by atoms with van der Waals surface area (Å²) in [7, 11) is 0. The van der Waals surface area contributed by atoms with E-state index in [9.17, 15) is 4.79 Å². The lowest BCUT2D eigenvalue weighted by molar-refractivity contribution is -0.133. The molecule has 1 aliphatic carbocycles. The Morgan fingerprint density at radius 1 is 1.05 bits per heavy atom. The van der Waals surface area contributed by atoms with E-state index in [0.29, 0.717) is 19.5 Å². The molecule has 4 heteroatoms. The molecule has 0 aliphatic heterocycles. The predicted molar refractivity (Wildman–Crippen MR) is 82.9 cm³/mol. The molecule has 0 radical (unpaired) electrons. The molecule has 1 amide bonds. The van der Waals surface area contributed by atoms with Crippen molar-refractivity contribution in [3.05, 3.63) is 48.3 Å². The van der Waals surface area contributed by atoms with E-state index in [1.807, 2.05) is 29.2 Å². The molecule has 2 aromatic rings. The Bertz CT molecular complexity index is 517. The highest BCUT2D eigenvalue weighted by atomic mass is 16.3. The molecule has 4 nitrogen and oxygen atoms in total. The van der Waals surface area contributed by atoms with Crippen LogP contribution in [-0.2, 0) is 17.9 Å². The predicted octanol–water partition coefficient (Wildman–Crippen LogP) is 4.37. The molecule has 22 heavy (non-hydrogen) atoms. The molecule has 1 saturated carbocycles. The summed E-state index contributed by atoms with van der Waals surface area (Å²) < 4.78 is 10.8. The van der Waals surface area contributed by atoms with Gasteiger partial charge in [-0.2, -0.15) is 0 Å². The first kappa shape index (κ1) is 14.9. The van der Waals surface area contributed by atoms with Crippen LogP contribution in [0.2, 0.25) is 0 Å². The Balaban J connectivity index is 1.59. The van der Waals surface area contributed by atoms with Crippen LogP contribution < -0.4 is 0 Å². The smallest absolute Gasteiger partial charge is 0.223 e. The number of rotatable bonds is 7. The molecule has 0 atom stereocenters. The fourth-order valence-electron chi connectivity index (χ4n) is 3.20. The lowest BCUT2D eigenvalue weighted by Gasteiger charge is -2.21. The molecule has 0 unspecified atom stereocenters. The highest BCUT2D eigenvalue weighted by molar-refractivity contribution is 5.76. The van der Waals surface area contributed by atoms with Gasteiger partial charge in [-0.3, -0.25) is 4.79 Å². The van der Waals surface area contributed by atoms with Crippen LogP contribution in [0.4, 0.5) is 0 Å². The van der Waals surface area contributed by atoms with Gasteiger partial charge in [0.05, 0.1) is 25.6 Å². The normalized spacial score (nSPS) is 15.3. The van der Waals surface area contributed by atoms with Gasteiger partial charge in [-0.1, -0.05) is 25.7 Å². The lowest BCUT2D eigenvalue weighted by atomic mass is 10.0. The second-order valence-electron chi connectivity index (χ2n) is 6.10. The fourth-order valence-corrected chi connectivity index (χ4v) is 3.20. The van der Waals surface area contributed by atoms with Crippen LogP contribution >= 0.6 is 0 Å². The Hall–Kier alpha value is -1.97. The maximum absolute atomic E-state index is 12.6. The number of furan rings is 2.